The van der Waals surface area contributed by atoms with E-state index in [-0.39, 0.29) is 5.56 Å². The molecule has 0 heterocycles. The van der Waals surface area contributed by atoms with Gasteiger partial charge in [-0.2, -0.15) is 0 Å². The Labute approximate surface area is 123 Å². The van der Waals surface area contributed by atoms with E-state index in [1.54, 1.807) is 0 Å². The summed E-state index contributed by atoms with van der Waals surface area (Å²) < 4.78 is 0. The molecule has 0 unspecified atom stereocenters. The largest absolute Gasteiger partial charge is 0.516 e. The zero-order valence-electron chi connectivity index (χ0n) is 11.0. The third kappa shape index (κ3) is 2.14. The summed E-state index contributed by atoms with van der Waals surface area (Å²) in [5.74, 6) is 0. The van der Waals surface area contributed by atoms with E-state index < -0.39 is 31.7 Å². The molecule has 0 aliphatic carbocycles. The lowest BCUT2D eigenvalue weighted by atomic mass is 9.91. The Balaban J connectivity index is 2.90. The van der Waals surface area contributed by atoms with Crippen molar-refractivity contribution in [2.45, 2.75) is 5.66 Å². The van der Waals surface area contributed by atoms with Gasteiger partial charge in [0.05, 0.1) is 4.92 Å². The summed E-state index contributed by atoms with van der Waals surface area (Å²) in [7, 11) is 0. The first-order valence-electron chi connectivity index (χ1n) is 6.00. The number of nitro groups is 3. The molecule has 112 valence electrons. The molecule has 9 heteroatoms. The van der Waals surface area contributed by atoms with Gasteiger partial charge in [0, 0.05) is 6.07 Å². The molecule has 0 spiro atoms. The van der Waals surface area contributed by atoms with Crippen LogP contribution in [-0.4, -0.2) is 14.8 Å². The summed E-state index contributed by atoms with van der Waals surface area (Å²) in [6.45, 7) is 0. The van der Waals surface area contributed by atoms with Gasteiger partial charge >= 0.3 is 5.66 Å². The Kier molecular flexibility index (Phi) is 3.80. The Morgan fingerprint density at radius 3 is 1.73 bits per heavy atom. The SMILES string of the molecule is O=[N+]([O-])c1ccccc1C(c1ccccc1)([N+](=O)[O-])[N+](=O)[O-]. The first kappa shape index (κ1) is 15.0. The number of hydrogen-bond acceptors (Lipinski definition) is 6. The van der Waals surface area contributed by atoms with E-state index in [0.717, 1.165) is 12.1 Å². The maximum absolute atomic E-state index is 11.6. The van der Waals surface area contributed by atoms with Gasteiger partial charge in [-0.05, 0) is 18.2 Å². The van der Waals surface area contributed by atoms with Crippen molar-refractivity contribution in [3.8, 4) is 0 Å². The molecule has 0 bridgehead atoms. The highest BCUT2D eigenvalue weighted by atomic mass is 16.7. The summed E-state index contributed by atoms with van der Waals surface area (Å²) >= 11 is 0. The summed E-state index contributed by atoms with van der Waals surface area (Å²) in [6.07, 6.45) is 0. The molecule has 0 saturated carbocycles. The van der Waals surface area contributed by atoms with Crippen LogP contribution in [0.2, 0.25) is 0 Å². The van der Waals surface area contributed by atoms with Crippen LogP contribution in [0, 0.1) is 30.3 Å². The summed E-state index contributed by atoms with van der Waals surface area (Å²) in [6, 6.07) is 11.3. The van der Waals surface area contributed by atoms with Gasteiger partial charge in [-0.15, -0.1) is 0 Å². The number of hydrogen-bond donors (Lipinski definition) is 0. The van der Waals surface area contributed by atoms with Gasteiger partial charge in [0.1, 0.15) is 15.4 Å². The summed E-state index contributed by atoms with van der Waals surface area (Å²) in [5, 5.41) is 34.3. The first-order valence-corrected chi connectivity index (χ1v) is 6.00. The molecule has 2 aromatic carbocycles. The third-order valence-electron chi connectivity index (χ3n) is 3.18. The molecule has 0 amide bonds. The zero-order valence-corrected chi connectivity index (χ0v) is 11.0. The maximum atomic E-state index is 11.6. The molecule has 0 aliphatic rings. The van der Waals surface area contributed by atoms with Gasteiger partial charge in [0.15, 0.2) is 5.56 Å². The second kappa shape index (κ2) is 5.56. The minimum atomic E-state index is -2.94. The lowest BCUT2D eigenvalue weighted by Gasteiger charge is -2.17. The van der Waals surface area contributed by atoms with Gasteiger partial charge in [-0.1, -0.05) is 30.3 Å². The molecule has 0 atom stereocenters. The van der Waals surface area contributed by atoms with E-state index >= 15 is 0 Å². The van der Waals surface area contributed by atoms with Crippen LogP contribution >= 0.6 is 0 Å². The number of nitrogens with zero attached hydrogens (tertiary/aromatic N) is 3. The first-order chi connectivity index (χ1) is 10.4. The van der Waals surface area contributed by atoms with Crippen molar-refractivity contribution in [2.24, 2.45) is 0 Å². The fraction of sp³-hybridized carbons (Fsp3) is 0.0769. The maximum Gasteiger partial charge on any atom is 0.516 e. The van der Waals surface area contributed by atoms with Gasteiger partial charge in [0.25, 0.3) is 5.69 Å². The van der Waals surface area contributed by atoms with E-state index in [2.05, 4.69) is 0 Å². The number of rotatable bonds is 5. The van der Waals surface area contributed by atoms with E-state index in [1.807, 2.05) is 0 Å². The minimum absolute atomic E-state index is 0.265. The fourth-order valence-corrected chi connectivity index (χ4v) is 2.23. The van der Waals surface area contributed by atoms with Crippen LogP contribution in [0.3, 0.4) is 0 Å². The van der Waals surface area contributed by atoms with Crippen molar-refractivity contribution in [3.63, 3.8) is 0 Å². The van der Waals surface area contributed by atoms with Gasteiger partial charge in [-0.25, -0.2) is 0 Å². The van der Waals surface area contributed by atoms with Crippen LogP contribution in [0.5, 0.6) is 0 Å². The standard InChI is InChI=1S/C13H9N3O6/c17-14(18)12-9-5-4-8-11(12)13(15(19)20,16(21)22)10-6-2-1-3-7-10/h1-9H. The smallest absolute Gasteiger partial charge is 0.258 e. The van der Waals surface area contributed by atoms with Crippen LogP contribution in [0.25, 0.3) is 0 Å². The summed E-state index contributed by atoms with van der Waals surface area (Å²) in [5.41, 5.74) is -4.48. The number of para-hydroxylation sites is 1. The fourth-order valence-electron chi connectivity index (χ4n) is 2.23. The molecule has 0 aromatic heterocycles. The predicted molar refractivity (Wildman–Crippen MR) is 74.3 cm³/mol. The van der Waals surface area contributed by atoms with E-state index in [0.29, 0.717) is 0 Å². The molecule has 0 radical (unpaired) electrons. The third-order valence-corrected chi connectivity index (χ3v) is 3.18. The van der Waals surface area contributed by atoms with Crippen LogP contribution in [0.15, 0.2) is 54.6 Å². The highest BCUT2D eigenvalue weighted by Gasteiger charge is 2.63. The van der Waals surface area contributed by atoms with Crippen LogP contribution in [-0.2, 0) is 5.66 Å². The second-order valence-electron chi connectivity index (χ2n) is 4.33. The molecule has 0 fully saturated rings. The Morgan fingerprint density at radius 2 is 1.23 bits per heavy atom. The molecule has 0 aliphatic heterocycles. The summed E-state index contributed by atoms with van der Waals surface area (Å²) in [4.78, 5) is 31.1. The molecular formula is C13H9N3O6. The Bertz CT molecular complexity index is 732. The molecule has 0 saturated heterocycles. The Hall–Kier alpha value is -3.36. The van der Waals surface area contributed by atoms with Gasteiger partial charge in [-0.3, -0.25) is 30.3 Å². The van der Waals surface area contributed by atoms with Gasteiger partial charge < -0.3 is 0 Å². The molecule has 0 N–H and O–H groups in total. The monoisotopic (exact) mass is 303 g/mol. The van der Waals surface area contributed by atoms with E-state index in [9.17, 15) is 30.3 Å². The Morgan fingerprint density at radius 1 is 0.727 bits per heavy atom. The second-order valence-corrected chi connectivity index (χ2v) is 4.33. The number of benzene rings is 2. The molecule has 9 nitrogen and oxygen atoms in total. The topological polar surface area (TPSA) is 129 Å². The highest BCUT2D eigenvalue weighted by Crippen LogP contribution is 2.38. The number of nitro benzene ring substituents is 1. The van der Waals surface area contributed by atoms with Crippen LogP contribution < -0.4 is 0 Å². The molecule has 2 rings (SSSR count). The molecule has 22 heavy (non-hydrogen) atoms. The van der Waals surface area contributed by atoms with Crippen molar-refractivity contribution in [1.82, 2.24) is 0 Å². The van der Waals surface area contributed by atoms with E-state index in [1.165, 1.54) is 42.5 Å². The average Bonchev–Trinajstić information content (AvgIpc) is 2.48. The predicted octanol–water partition coefficient (Wildman–Crippen LogP) is 2.35. The van der Waals surface area contributed by atoms with E-state index in [4.69, 9.17) is 0 Å². The zero-order chi connectivity index (χ0) is 16.3. The molecule has 2 aromatic rings. The van der Waals surface area contributed by atoms with Crippen molar-refractivity contribution < 1.29 is 14.8 Å². The van der Waals surface area contributed by atoms with Crippen molar-refractivity contribution in [3.05, 3.63) is 96.1 Å². The van der Waals surface area contributed by atoms with Crippen molar-refractivity contribution in [1.29, 1.82) is 0 Å². The minimum Gasteiger partial charge on any atom is -0.258 e. The lowest BCUT2D eigenvalue weighted by Crippen LogP contribution is -2.44. The quantitative estimate of drug-likeness (QED) is 0.473. The van der Waals surface area contributed by atoms with Crippen molar-refractivity contribution >= 4 is 5.69 Å². The van der Waals surface area contributed by atoms with Crippen molar-refractivity contribution in [2.75, 3.05) is 0 Å². The highest BCUT2D eigenvalue weighted by molar-refractivity contribution is 5.47. The lowest BCUT2D eigenvalue weighted by molar-refractivity contribution is -0.796. The van der Waals surface area contributed by atoms with Gasteiger partial charge in [0.2, 0.25) is 0 Å². The normalized spacial score (nSPS) is 10.9. The van der Waals surface area contributed by atoms with Crippen LogP contribution in [0.1, 0.15) is 11.1 Å². The van der Waals surface area contributed by atoms with Crippen LogP contribution in [0.4, 0.5) is 5.69 Å². The molecular weight excluding hydrogens is 294 g/mol. The average molecular weight is 303 g/mol.